The summed E-state index contributed by atoms with van der Waals surface area (Å²) in [6.07, 6.45) is 1.71. The lowest BCUT2D eigenvalue weighted by Crippen LogP contribution is -2.19. The average Bonchev–Trinajstić information content (AvgIpc) is 2.83. The molecule has 0 aliphatic heterocycles. The Morgan fingerprint density at radius 1 is 0.848 bits per heavy atom. The molecule has 0 radical (unpaired) electrons. The zero-order valence-corrected chi connectivity index (χ0v) is 18.5. The minimum atomic E-state index is -1.20. The number of benzene rings is 3. The second-order valence-corrected chi connectivity index (χ2v) is 7.99. The van der Waals surface area contributed by atoms with Gasteiger partial charge in [0, 0.05) is 28.4 Å². The van der Waals surface area contributed by atoms with E-state index >= 15 is 0 Å². The molecule has 8 heteroatoms. The molecule has 0 saturated heterocycles. The zero-order valence-electron chi connectivity index (χ0n) is 17.7. The fourth-order valence-corrected chi connectivity index (χ4v) is 3.89. The Kier molecular flexibility index (Phi) is 8.26. The first-order chi connectivity index (χ1) is 15.9. The lowest BCUT2D eigenvalue weighted by molar-refractivity contribution is -0.131. The number of hydrogen-bond acceptors (Lipinski definition) is 5. The predicted molar refractivity (Wildman–Crippen MR) is 129 cm³/mol. The summed E-state index contributed by atoms with van der Waals surface area (Å²) >= 11 is 1.38. The number of carbonyl (C=O) groups excluding carboxylic acids is 2. The Labute approximate surface area is 195 Å². The number of carboxylic acid groups (broad SMARTS) is 1. The highest BCUT2D eigenvalue weighted by Crippen LogP contribution is 2.36. The molecule has 3 N–H and O–H groups in total. The van der Waals surface area contributed by atoms with Crippen molar-refractivity contribution in [1.29, 1.82) is 0 Å². The summed E-state index contributed by atoms with van der Waals surface area (Å²) < 4.78 is 5.15. The minimum absolute atomic E-state index is 0.174. The van der Waals surface area contributed by atoms with Gasteiger partial charge in [0.2, 0.25) is 11.8 Å². The quantitative estimate of drug-likeness (QED) is 0.313. The first-order valence-electron chi connectivity index (χ1n) is 9.93. The third kappa shape index (κ3) is 7.26. The van der Waals surface area contributed by atoms with Crippen molar-refractivity contribution in [1.82, 2.24) is 0 Å². The Morgan fingerprint density at radius 3 is 2.06 bits per heavy atom. The van der Waals surface area contributed by atoms with Crippen molar-refractivity contribution in [2.45, 2.75) is 10.1 Å². The molecule has 3 aromatic rings. The summed E-state index contributed by atoms with van der Waals surface area (Å²) in [7, 11) is 1.58. The third-order valence-corrected chi connectivity index (χ3v) is 5.72. The van der Waals surface area contributed by atoms with Crippen LogP contribution < -0.4 is 15.4 Å². The monoisotopic (exact) mass is 462 g/mol. The Bertz CT molecular complexity index is 1130. The molecule has 0 aliphatic carbocycles. The van der Waals surface area contributed by atoms with E-state index in [0.717, 1.165) is 22.6 Å². The first kappa shape index (κ1) is 23.6. The first-order valence-corrected chi connectivity index (χ1v) is 10.8. The standard InChI is InChI=1S/C25H22N2O5S/c1-32-20-11-7-19(8-12-20)27-25(31)24(17-5-3-2-4-6-17)33-21-13-9-18(10-14-21)26-22(28)15-16-23(29)30/h2-16,24H,1H3,(H,26,28)(H,27,31)(H,29,30)/b16-15+. The van der Waals surface area contributed by atoms with E-state index in [-0.39, 0.29) is 5.91 Å². The van der Waals surface area contributed by atoms with Gasteiger partial charge in [-0.05, 0) is 54.1 Å². The van der Waals surface area contributed by atoms with E-state index in [1.54, 1.807) is 55.6 Å². The fraction of sp³-hybridized carbons (Fsp3) is 0.0800. The Morgan fingerprint density at radius 2 is 1.45 bits per heavy atom. The van der Waals surface area contributed by atoms with Gasteiger partial charge in [0.15, 0.2) is 0 Å². The van der Waals surface area contributed by atoms with Crippen LogP contribution in [0, 0.1) is 0 Å². The van der Waals surface area contributed by atoms with Crippen LogP contribution in [0.3, 0.4) is 0 Å². The van der Waals surface area contributed by atoms with Crippen molar-refractivity contribution in [3.05, 3.63) is 96.6 Å². The molecule has 0 bridgehead atoms. The number of thioether (sulfide) groups is 1. The second-order valence-electron chi connectivity index (χ2n) is 6.81. The maximum absolute atomic E-state index is 13.1. The van der Waals surface area contributed by atoms with Gasteiger partial charge in [-0.3, -0.25) is 9.59 Å². The Hall–Kier alpha value is -4.04. The molecule has 1 atom stereocenters. The van der Waals surface area contributed by atoms with Crippen LogP contribution in [0.1, 0.15) is 10.8 Å². The topological polar surface area (TPSA) is 105 Å². The van der Waals surface area contributed by atoms with Crippen molar-refractivity contribution >= 4 is 40.9 Å². The summed E-state index contributed by atoms with van der Waals surface area (Å²) in [6.45, 7) is 0. The summed E-state index contributed by atoms with van der Waals surface area (Å²) in [5.41, 5.74) is 2.03. The highest BCUT2D eigenvalue weighted by Gasteiger charge is 2.22. The van der Waals surface area contributed by atoms with Crippen molar-refractivity contribution in [2.75, 3.05) is 17.7 Å². The molecule has 0 heterocycles. The van der Waals surface area contributed by atoms with Crippen molar-refractivity contribution in [3.63, 3.8) is 0 Å². The number of hydrogen-bond donors (Lipinski definition) is 3. The van der Waals surface area contributed by atoms with E-state index in [4.69, 9.17) is 9.84 Å². The van der Waals surface area contributed by atoms with Gasteiger partial charge in [-0.1, -0.05) is 30.3 Å². The number of carbonyl (C=O) groups is 3. The number of aliphatic carboxylic acids is 1. The number of rotatable bonds is 9. The minimum Gasteiger partial charge on any atom is -0.497 e. The van der Waals surface area contributed by atoms with Crippen LogP contribution >= 0.6 is 11.8 Å². The van der Waals surface area contributed by atoms with E-state index in [9.17, 15) is 14.4 Å². The SMILES string of the molecule is COc1ccc(NC(=O)C(Sc2ccc(NC(=O)/C=C/C(=O)O)cc2)c2ccccc2)cc1. The molecule has 2 amide bonds. The predicted octanol–water partition coefficient (Wildman–Crippen LogP) is 4.75. The Balaban J connectivity index is 1.73. The van der Waals surface area contributed by atoms with Crippen molar-refractivity contribution in [3.8, 4) is 5.75 Å². The lowest BCUT2D eigenvalue weighted by atomic mass is 10.1. The summed E-state index contributed by atoms with van der Waals surface area (Å²) in [5, 5.41) is 13.6. The van der Waals surface area contributed by atoms with E-state index in [2.05, 4.69) is 10.6 Å². The molecule has 1 unspecified atom stereocenters. The molecule has 168 valence electrons. The summed E-state index contributed by atoms with van der Waals surface area (Å²) in [6, 6.07) is 23.5. The molecule has 0 aromatic heterocycles. The van der Waals surface area contributed by atoms with Crippen LogP contribution in [0.15, 0.2) is 95.9 Å². The van der Waals surface area contributed by atoms with Crippen LogP contribution in [-0.4, -0.2) is 30.0 Å². The van der Waals surface area contributed by atoms with E-state index in [1.165, 1.54) is 11.8 Å². The van der Waals surface area contributed by atoms with Crippen LogP contribution in [0.2, 0.25) is 0 Å². The van der Waals surface area contributed by atoms with E-state index in [1.807, 2.05) is 30.3 Å². The van der Waals surface area contributed by atoms with Crippen molar-refractivity contribution < 1.29 is 24.2 Å². The molecule has 0 saturated carbocycles. The number of methoxy groups -OCH3 is 1. The van der Waals surface area contributed by atoms with Gasteiger partial charge in [-0.25, -0.2) is 4.79 Å². The molecule has 0 spiro atoms. The molecule has 0 fully saturated rings. The molecular formula is C25H22N2O5S. The molecule has 33 heavy (non-hydrogen) atoms. The maximum atomic E-state index is 13.1. The highest BCUT2D eigenvalue weighted by molar-refractivity contribution is 8.00. The highest BCUT2D eigenvalue weighted by atomic mass is 32.2. The number of amides is 2. The van der Waals surface area contributed by atoms with E-state index < -0.39 is 17.1 Å². The summed E-state index contributed by atoms with van der Waals surface area (Å²) in [5.74, 6) is -1.21. The normalized spacial score (nSPS) is 11.5. The number of carboxylic acids is 1. The van der Waals surface area contributed by atoms with Gasteiger partial charge in [0.1, 0.15) is 11.0 Å². The third-order valence-electron chi connectivity index (χ3n) is 4.45. The largest absolute Gasteiger partial charge is 0.497 e. The van der Waals surface area contributed by atoms with Gasteiger partial charge < -0.3 is 20.5 Å². The van der Waals surface area contributed by atoms with Gasteiger partial charge in [0.25, 0.3) is 0 Å². The molecule has 3 aromatic carbocycles. The van der Waals surface area contributed by atoms with Crippen LogP contribution in [0.4, 0.5) is 11.4 Å². The zero-order chi connectivity index (χ0) is 23.6. The number of anilines is 2. The molecular weight excluding hydrogens is 440 g/mol. The summed E-state index contributed by atoms with van der Waals surface area (Å²) in [4.78, 5) is 36.2. The number of nitrogens with one attached hydrogen (secondary N) is 2. The van der Waals surface area contributed by atoms with Crippen LogP contribution in [-0.2, 0) is 14.4 Å². The number of ether oxygens (including phenoxy) is 1. The van der Waals surface area contributed by atoms with E-state index in [0.29, 0.717) is 17.1 Å². The second kappa shape index (κ2) is 11.5. The van der Waals surface area contributed by atoms with Crippen LogP contribution in [0.25, 0.3) is 0 Å². The smallest absolute Gasteiger partial charge is 0.328 e. The van der Waals surface area contributed by atoms with Crippen molar-refractivity contribution in [2.24, 2.45) is 0 Å². The molecule has 3 rings (SSSR count). The van der Waals surface area contributed by atoms with Gasteiger partial charge in [-0.15, -0.1) is 11.8 Å². The van der Waals surface area contributed by atoms with Gasteiger partial charge >= 0.3 is 5.97 Å². The van der Waals surface area contributed by atoms with Crippen LogP contribution in [0.5, 0.6) is 5.75 Å². The average molecular weight is 463 g/mol. The van der Waals surface area contributed by atoms with Gasteiger partial charge in [0.05, 0.1) is 7.11 Å². The maximum Gasteiger partial charge on any atom is 0.328 e. The van der Waals surface area contributed by atoms with Gasteiger partial charge in [-0.2, -0.15) is 0 Å². The molecule has 7 nitrogen and oxygen atoms in total. The fourth-order valence-electron chi connectivity index (χ4n) is 2.87. The molecule has 0 aliphatic rings. The lowest BCUT2D eigenvalue weighted by Gasteiger charge is -2.17.